The van der Waals surface area contributed by atoms with Crippen LogP contribution < -0.4 is 4.74 Å². The van der Waals surface area contributed by atoms with Crippen molar-refractivity contribution < 1.29 is 14.0 Å². The van der Waals surface area contributed by atoms with Crippen molar-refractivity contribution in [2.75, 3.05) is 7.04 Å². The molecule has 2 nitrogen and oxygen atoms in total. The third-order valence-corrected chi connectivity index (χ3v) is 1.22. The van der Waals surface area contributed by atoms with Gasteiger partial charge in [-0.25, -0.2) is 0 Å². The Kier molecular flexibility index (Phi) is 1.28. The molecule has 2 heteroatoms. The molecule has 0 radical (unpaired) electrons. The second-order valence-corrected chi connectivity index (χ2v) is 1.90. The van der Waals surface area contributed by atoms with Crippen molar-refractivity contribution in [3.63, 3.8) is 0 Å². The summed E-state index contributed by atoms with van der Waals surface area (Å²) in [5, 5.41) is 8.71. The van der Waals surface area contributed by atoms with Gasteiger partial charge in [0.25, 0.3) is 0 Å². The monoisotopic (exact) mass is 141 g/mol. The van der Waals surface area contributed by atoms with Gasteiger partial charge in [-0.1, -0.05) is 12.1 Å². The molecule has 0 fully saturated rings. The molecule has 0 heterocycles. The van der Waals surface area contributed by atoms with E-state index in [1.54, 1.807) is 12.1 Å². The zero-order chi connectivity index (χ0) is 9.90. The lowest BCUT2D eigenvalue weighted by Crippen LogP contribution is -1.84. The van der Waals surface area contributed by atoms with Gasteiger partial charge < -0.3 is 9.84 Å². The minimum atomic E-state index is -2.42. The van der Waals surface area contributed by atoms with Crippen molar-refractivity contribution in [2.45, 2.75) is 6.61 Å². The maximum Gasteiger partial charge on any atom is 0.118 e. The fourth-order valence-electron chi connectivity index (χ4n) is 0.663. The lowest BCUT2D eigenvalue weighted by atomic mass is 10.2. The molecule has 0 aliphatic carbocycles. The summed E-state index contributed by atoms with van der Waals surface area (Å²) in [5.74, 6) is 0.275. The van der Waals surface area contributed by atoms with Crippen molar-refractivity contribution >= 4 is 0 Å². The van der Waals surface area contributed by atoms with Crippen LogP contribution >= 0.6 is 0 Å². The molecule has 1 rings (SSSR count). The van der Waals surface area contributed by atoms with E-state index in [0.717, 1.165) is 5.56 Å². The van der Waals surface area contributed by atoms with E-state index in [2.05, 4.69) is 4.74 Å². The van der Waals surface area contributed by atoms with Gasteiger partial charge in [0.05, 0.1) is 17.8 Å². The summed E-state index contributed by atoms with van der Waals surface area (Å²) in [5.41, 5.74) is 0.720. The molecular weight excluding hydrogens is 128 g/mol. The van der Waals surface area contributed by atoms with Crippen molar-refractivity contribution in [3.8, 4) is 5.75 Å². The fraction of sp³-hybridized carbons (Fsp3) is 0.250. The summed E-state index contributed by atoms with van der Waals surface area (Å²) >= 11 is 0. The van der Waals surface area contributed by atoms with Crippen molar-refractivity contribution in [1.82, 2.24) is 0 Å². The van der Waals surface area contributed by atoms with E-state index >= 15 is 0 Å². The fourth-order valence-corrected chi connectivity index (χ4v) is 0.663. The summed E-state index contributed by atoms with van der Waals surface area (Å²) in [6, 6.07) is 6.25. The Bertz CT molecular complexity index is 266. The van der Waals surface area contributed by atoms with Crippen LogP contribution in [0.15, 0.2) is 24.3 Å². The first kappa shape index (κ1) is 3.98. The molecule has 0 saturated heterocycles. The van der Waals surface area contributed by atoms with Crippen LogP contribution in [0, 0.1) is 0 Å². The normalized spacial score (nSPS) is 15.1. The summed E-state index contributed by atoms with van der Waals surface area (Å²) in [6.45, 7) is -0.0615. The van der Waals surface area contributed by atoms with Crippen LogP contribution in [0.4, 0.5) is 0 Å². The van der Waals surface area contributed by atoms with Crippen LogP contribution in [0.5, 0.6) is 5.75 Å². The Balaban J connectivity index is 2.70. The standard InChI is InChI=1S/C8H10O2/c1-10-8-4-2-7(6-9)3-5-8/h2-5,9H,6H2,1H3/i1D3. The number of aliphatic hydroxyl groups is 1. The van der Waals surface area contributed by atoms with Crippen LogP contribution in [0.1, 0.15) is 9.68 Å². The topological polar surface area (TPSA) is 29.5 Å². The zero-order valence-electron chi connectivity index (χ0n) is 8.37. The van der Waals surface area contributed by atoms with Gasteiger partial charge in [-0.3, -0.25) is 0 Å². The predicted octanol–water partition coefficient (Wildman–Crippen LogP) is 1.19. The highest BCUT2D eigenvalue weighted by atomic mass is 16.5. The van der Waals surface area contributed by atoms with Gasteiger partial charge in [-0.05, 0) is 17.7 Å². The summed E-state index contributed by atoms with van der Waals surface area (Å²) < 4.78 is 25.1. The molecular formula is C8H10O2. The van der Waals surface area contributed by atoms with E-state index in [-0.39, 0.29) is 12.4 Å². The third kappa shape index (κ3) is 1.48. The lowest BCUT2D eigenvalue weighted by Gasteiger charge is -1.98. The smallest absolute Gasteiger partial charge is 0.118 e. The highest BCUT2D eigenvalue weighted by Crippen LogP contribution is 2.10. The Hall–Kier alpha value is -1.02. The average molecular weight is 141 g/mol. The highest BCUT2D eigenvalue weighted by Gasteiger charge is 1.89. The van der Waals surface area contributed by atoms with Gasteiger partial charge in [-0.15, -0.1) is 0 Å². The lowest BCUT2D eigenvalue weighted by molar-refractivity contribution is 0.281. The molecule has 0 spiro atoms. The first-order valence-corrected chi connectivity index (χ1v) is 2.90. The molecule has 1 aromatic rings. The molecule has 10 heavy (non-hydrogen) atoms. The Labute approximate surface area is 64.3 Å². The molecule has 0 amide bonds. The van der Waals surface area contributed by atoms with Gasteiger partial charge >= 0.3 is 0 Å². The molecule has 0 bridgehead atoms. The van der Waals surface area contributed by atoms with Crippen LogP contribution in [0.2, 0.25) is 0 Å². The van der Waals surface area contributed by atoms with Crippen molar-refractivity contribution in [1.29, 1.82) is 0 Å². The number of methoxy groups -OCH3 is 1. The number of benzene rings is 1. The van der Waals surface area contributed by atoms with Gasteiger partial charge in [0, 0.05) is 0 Å². The van der Waals surface area contributed by atoms with Crippen LogP contribution in [-0.2, 0) is 6.61 Å². The van der Waals surface area contributed by atoms with E-state index in [0.29, 0.717) is 0 Å². The number of ether oxygens (including phenoxy) is 1. The van der Waals surface area contributed by atoms with Gasteiger partial charge in [0.2, 0.25) is 0 Å². The average Bonchev–Trinajstić information content (AvgIpc) is 2.03. The first-order chi connectivity index (χ1) is 6.01. The summed E-state index contributed by atoms with van der Waals surface area (Å²) in [4.78, 5) is 0. The molecule has 0 aliphatic rings. The molecule has 0 aliphatic heterocycles. The Morgan fingerprint density at radius 1 is 1.50 bits per heavy atom. The van der Waals surface area contributed by atoms with Crippen LogP contribution in [0.3, 0.4) is 0 Å². The first-order valence-electron chi connectivity index (χ1n) is 4.40. The van der Waals surface area contributed by atoms with Crippen molar-refractivity contribution in [2.24, 2.45) is 0 Å². The SMILES string of the molecule is [2H]C([2H])([2H])Oc1ccc(CO)cc1. The highest BCUT2D eigenvalue weighted by molar-refractivity contribution is 5.26. The Morgan fingerprint density at radius 2 is 2.20 bits per heavy atom. The second kappa shape index (κ2) is 3.22. The molecule has 1 aromatic carbocycles. The van der Waals surface area contributed by atoms with Crippen LogP contribution in [-0.4, -0.2) is 12.1 Å². The van der Waals surface area contributed by atoms with Crippen LogP contribution in [0.25, 0.3) is 0 Å². The molecule has 0 aromatic heterocycles. The summed E-state index contributed by atoms with van der Waals surface area (Å²) in [6.07, 6.45) is 0. The van der Waals surface area contributed by atoms with E-state index in [9.17, 15) is 0 Å². The minimum Gasteiger partial charge on any atom is -0.497 e. The molecule has 0 atom stereocenters. The zero-order valence-corrected chi connectivity index (χ0v) is 5.37. The van der Waals surface area contributed by atoms with E-state index in [1.165, 1.54) is 12.1 Å². The number of hydrogen-bond acceptors (Lipinski definition) is 2. The predicted molar refractivity (Wildman–Crippen MR) is 38.9 cm³/mol. The second-order valence-electron chi connectivity index (χ2n) is 1.90. The maximum atomic E-state index is 8.71. The molecule has 1 N–H and O–H groups in total. The quantitative estimate of drug-likeness (QED) is 0.670. The van der Waals surface area contributed by atoms with Gasteiger partial charge in [0.15, 0.2) is 0 Å². The molecule has 54 valence electrons. The number of hydrogen-bond donors (Lipinski definition) is 1. The summed E-state index contributed by atoms with van der Waals surface area (Å²) in [7, 11) is -2.42. The number of rotatable bonds is 2. The van der Waals surface area contributed by atoms with E-state index in [4.69, 9.17) is 9.22 Å². The Morgan fingerprint density at radius 3 is 2.70 bits per heavy atom. The van der Waals surface area contributed by atoms with E-state index in [1.807, 2.05) is 0 Å². The van der Waals surface area contributed by atoms with Gasteiger partial charge in [0.1, 0.15) is 5.75 Å². The van der Waals surface area contributed by atoms with Gasteiger partial charge in [-0.2, -0.15) is 0 Å². The maximum absolute atomic E-state index is 8.71. The molecule has 0 unspecified atom stereocenters. The third-order valence-electron chi connectivity index (χ3n) is 1.22. The van der Waals surface area contributed by atoms with E-state index < -0.39 is 7.04 Å². The minimum absolute atomic E-state index is 0.0615. The van der Waals surface area contributed by atoms with Crippen molar-refractivity contribution in [3.05, 3.63) is 29.8 Å². The largest absolute Gasteiger partial charge is 0.497 e. The number of aliphatic hydroxyl groups excluding tert-OH is 1. The molecule has 0 saturated carbocycles.